The van der Waals surface area contributed by atoms with E-state index in [-0.39, 0.29) is 5.91 Å². The van der Waals surface area contributed by atoms with Gasteiger partial charge in [-0.25, -0.2) is 4.98 Å². The molecular formula is C24H32N8O2S. The van der Waals surface area contributed by atoms with E-state index in [0.717, 1.165) is 48.9 Å². The molecule has 1 amide bonds. The number of hydrogen-bond donors (Lipinski definition) is 0. The number of piperazine rings is 1. The molecule has 0 N–H and O–H groups in total. The molecule has 0 aromatic carbocycles. The highest BCUT2D eigenvalue weighted by Gasteiger charge is 2.28. The SMILES string of the molecule is CC1CC(C)CN(c2nnc(SCC(=O)N3CCN(c4cnccn4)CC3)n2Cc2ccco2)C1. The fourth-order valence-electron chi connectivity index (χ4n) is 5.00. The lowest BCUT2D eigenvalue weighted by Gasteiger charge is -2.35. The second kappa shape index (κ2) is 10.7. The standard InChI is InChI=1S/C24H32N8O2S/c1-18-12-19(2)15-31(14-18)23-27-28-24(32(23)16-20-4-3-11-34-20)35-17-22(33)30-9-7-29(8-10-30)21-13-25-5-6-26-21/h3-6,11,13,18-19H,7-10,12,14-17H2,1-2H3. The first-order valence-electron chi connectivity index (χ1n) is 12.2. The minimum absolute atomic E-state index is 0.114. The van der Waals surface area contributed by atoms with Gasteiger partial charge in [-0.15, -0.1) is 10.2 Å². The molecule has 0 spiro atoms. The lowest BCUT2D eigenvalue weighted by atomic mass is 9.92. The second-order valence-electron chi connectivity index (χ2n) is 9.52. The third kappa shape index (κ3) is 5.61. The maximum atomic E-state index is 13.0. The Morgan fingerprint density at radius 1 is 1.09 bits per heavy atom. The second-order valence-corrected chi connectivity index (χ2v) is 10.5. The van der Waals surface area contributed by atoms with Crippen molar-refractivity contribution in [3.63, 3.8) is 0 Å². The smallest absolute Gasteiger partial charge is 0.233 e. The normalized spacial score (nSPS) is 20.9. The van der Waals surface area contributed by atoms with Gasteiger partial charge in [0, 0.05) is 51.7 Å². The average Bonchev–Trinajstić information content (AvgIpc) is 3.53. The van der Waals surface area contributed by atoms with Crippen LogP contribution in [0, 0.1) is 11.8 Å². The fourth-order valence-corrected chi connectivity index (χ4v) is 5.84. The molecule has 11 heteroatoms. The number of rotatable bonds is 7. The first-order valence-corrected chi connectivity index (χ1v) is 13.2. The van der Waals surface area contributed by atoms with Crippen LogP contribution in [0.2, 0.25) is 0 Å². The van der Waals surface area contributed by atoms with E-state index in [1.165, 1.54) is 18.2 Å². The van der Waals surface area contributed by atoms with Crippen molar-refractivity contribution < 1.29 is 9.21 Å². The number of nitrogens with zero attached hydrogens (tertiary/aromatic N) is 8. The number of aromatic nitrogens is 5. The van der Waals surface area contributed by atoms with Crippen LogP contribution in [0.4, 0.5) is 11.8 Å². The zero-order valence-corrected chi connectivity index (χ0v) is 21.1. The quantitative estimate of drug-likeness (QED) is 0.457. The van der Waals surface area contributed by atoms with Crippen LogP contribution >= 0.6 is 11.8 Å². The van der Waals surface area contributed by atoms with Crippen LogP contribution in [-0.4, -0.2) is 80.6 Å². The van der Waals surface area contributed by atoms with Crippen LogP contribution in [0.5, 0.6) is 0 Å². The number of furan rings is 1. The molecule has 10 nitrogen and oxygen atoms in total. The molecule has 5 heterocycles. The van der Waals surface area contributed by atoms with E-state index in [1.807, 2.05) is 17.0 Å². The van der Waals surface area contributed by atoms with Crippen molar-refractivity contribution in [2.75, 3.05) is 54.8 Å². The van der Waals surface area contributed by atoms with Crippen LogP contribution in [0.3, 0.4) is 0 Å². The summed E-state index contributed by atoms with van der Waals surface area (Å²) < 4.78 is 7.71. The van der Waals surface area contributed by atoms with E-state index in [4.69, 9.17) is 4.42 Å². The van der Waals surface area contributed by atoms with Crippen LogP contribution in [0.1, 0.15) is 26.0 Å². The number of hydrogen-bond acceptors (Lipinski definition) is 9. The van der Waals surface area contributed by atoms with Crippen LogP contribution in [0.15, 0.2) is 46.6 Å². The zero-order chi connectivity index (χ0) is 24.2. The maximum absolute atomic E-state index is 13.0. The largest absolute Gasteiger partial charge is 0.467 e. The van der Waals surface area contributed by atoms with Crippen LogP contribution in [0.25, 0.3) is 0 Å². The molecule has 2 atom stereocenters. The number of carbonyl (C=O) groups excluding carboxylic acids is 1. The highest BCUT2D eigenvalue weighted by molar-refractivity contribution is 7.99. The van der Waals surface area contributed by atoms with Crippen molar-refractivity contribution in [3.8, 4) is 0 Å². The molecule has 0 bridgehead atoms. The third-order valence-electron chi connectivity index (χ3n) is 6.57. The van der Waals surface area contributed by atoms with E-state index in [9.17, 15) is 4.79 Å². The van der Waals surface area contributed by atoms with Gasteiger partial charge in [-0.3, -0.25) is 14.3 Å². The Labute approximate surface area is 209 Å². The summed E-state index contributed by atoms with van der Waals surface area (Å²) in [6.45, 7) is 9.87. The first kappa shape index (κ1) is 23.7. The van der Waals surface area contributed by atoms with Gasteiger partial charge < -0.3 is 19.1 Å². The fraction of sp³-hybridized carbons (Fsp3) is 0.542. The molecule has 3 aromatic rings. The van der Waals surface area contributed by atoms with Crippen molar-refractivity contribution in [3.05, 3.63) is 42.7 Å². The Kier molecular flexibility index (Phi) is 7.21. The molecule has 2 fully saturated rings. The van der Waals surface area contributed by atoms with Crippen LogP contribution in [-0.2, 0) is 11.3 Å². The topological polar surface area (TPSA) is 96.4 Å². The molecule has 2 aliphatic rings. The number of anilines is 2. The van der Waals surface area contributed by atoms with E-state index in [0.29, 0.717) is 37.2 Å². The van der Waals surface area contributed by atoms with Gasteiger partial charge in [-0.1, -0.05) is 25.6 Å². The average molecular weight is 497 g/mol. The Morgan fingerprint density at radius 3 is 2.57 bits per heavy atom. The van der Waals surface area contributed by atoms with E-state index in [2.05, 4.69) is 48.4 Å². The van der Waals surface area contributed by atoms with E-state index in [1.54, 1.807) is 24.9 Å². The summed E-state index contributed by atoms with van der Waals surface area (Å²) in [5, 5.41) is 9.79. The molecule has 35 heavy (non-hydrogen) atoms. The van der Waals surface area contributed by atoms with E-state index >= 15 is 0 Å². The monoisotopic (exact) mass is 496 g/mol. The van der Waals surface area contributed by atoms with Gasteiger partial charge in [0.1, 0.15) is 11.6 Å². The van der Waals surface area contributed by atoms with Crippen molar-refractivity contribution in [2.45, 2.75) is 32.0 Å². The lowest BCUT2D eigenvalue weighted by Crippen LogP contribution is -2.49. The van der Waals surface area contributed by atoms with Gasteiger partial charge in [0.05, 0.1) is 24.8 Å². The van der Waals surface area contributed by atoms with Crippen molar-refractivity contribution in [1.29, 1.82) is 0 Å². The number of amides is 1. The highest BCUT2D eigenvalue weighted by atomic mass is 32.2. The maximum Gasteiger partial charge on any atom is 0.233 e. The van der Waals surface area contributed by atoms with Crippen molar-refractivity contribution in [1.82, 2.24) is 29.6 Å². The number of piperidine rings is 1. The Bertz CT molecular complexity index is 1090. The predicted octanol–water partition coefficient (Wildman–Crippen LogP) is 2.63. The van der Waals surface area contributed by atoms with Crippen molar-refractivity contribution >= 4 is 29.4 Å². The van der Waals surface area contributed by atoms with Crippen LogP contribution < -0.4 is 9.80 Å². The predicted molar refractivity (Wildman–Crippen MR) is 135 cm³/mol. The Hall–Kier alpha value is -3.08. The summed E-state index contributed by atoms with van der Waals surface area (Å²) >= 11 is 1.45. The summed E-state index contributed by atoms with van der Waals surface area (Å²) in [5.74, 6) is 4.20. The summed E-state index contributed by atoms with van der Waals surface area (Å²) in [4.78, 5) is 27.9. The third-order valence-corrected chi connectivity index (χ3v) is 7.53. The summed E-state index contributed by atoms with van der Waals surface area (Å²) in [7, 11) is 0. The molecule has 2 aliphatic heterocycles. The van der Waals surface area contributed by atoms with Gasteiger partial charge >= 0.3 is 0 Å². The van der Waals surface area contributed by atoms with Gasteiger partial charge in [-0.2, -0.15) is 0 Å². The molecule has 0 aliphatic carbocycles. The van der Waals surface area contributed by atoms with Gasteiger partial charge in [0.2, 0.25) is 11.9 Å². The van der Waals surface area contributed by atoms with Gasteiger partial charge in [0.25, 0.3) is 0 Å². The first-order chi connectivity index (χ1) is 17.1. The Morgan fingerprint density at radius 2 is 1.89 bits per heavy atom. The zero-order valence-electron chi connectivity index (χ0n) is 20.3. The molecule has 186 valence electrons. The minimum Gasteiger partial charge on any atom is -0.467 e. The number of carbonyl (C=O) groups is 1. The molecule has 5 rings (SSSR count). The van der Waals surface area contributed by atoms with Gasteiger partial charge in [-0.05, 0) is 30.4 Å². The lowest BCUT2D eigenvalue weighted by molar-refractivity contribution is -0.128. The molecule has 2 unspecified atom stereocenters. The summed E-state index contributed by atoms with van der Waals surface area (Å²) in [6, 6.07) is 3.85. The van der Waals surface area contributed by atoms with Crippen molar-refractivity contribution in [2.24, 2.45) is 11.8 Å². The summed E-state index contributed by atoms with van der Waals surface area (Å²) in [6.07, 6.45) is 8.04. The number of thioether (sulfide) groups is 1. The molecular weight excluding hydrogens is 464 g/mol. The molecule has 0 saturated carbocycles. The van der Waals surface area contributed by atoms with Gasteiger partial charge in [0.15, 0.2) is 5.16 Å². The highest BCUT2D eigenvalue weighted by Crippen LogP contribution is 2.29. The molecule has 0 radical (unpaired) electrons. The van der Waals surface area contributed by atoms with E-state index < -0.39 is 0 Å². The molecule has 2 saturated heterocycles. The molecule has 3 aromatic heterocycles. The summed E-state index contributed by atoms with van der Waals surface area (Å²) in [5.41, 5.74) is 0. The Balaban J connectivity index is 1.24. The minimum atomic E-state index is 0.114.